The van der Waals surface area contributed by atoms with Gasteiger partial charge in [0, 0.05) is 49.6 Å². The number of nitrogens with zero attached hydrogens (tertiary/aromatic N) is 2. The highest BCUT2D eigenvalue weighted by atomic mass is 16.7. The largest absolute Gasteiger partial charge is 0.519 e. The van der Waals surface area contributed by atoms with Gasteiger partial charge in [0.2, 0.25) is 0 Å². The quantitative estimate of drug-likeness (QED) is 0.0567. The van der Waals surface area contributed by atoms with Crippen LogP contribution in [-0.4, -0.2) is 83.4 Å². The zero-order chi connectivity index (χ0) is 29.2. The predicted molar refractivity (Wildman–Crippen MR) is 138 cm³/mol. The molecule has 0 aliphatic heterocycles. The van der Waals surface area contributed by atoms with Gasteiger partial charge in [-0.05, 0) is 25.0 Å². The van der Waals surface area contributed by atoms with Crippen molar-refractivity contribution < 1.29 is 52.5 Å². The van der Waals surface area contributed by atoms with E-state index in [4.69, 9.17) is 37.9 Å². The lowest BCUT2D eigenvalue weighted by molar-refractivity contribution is -0.385. The van der Waals surface area contributed by atoms with E-state index in [9.17, 15) is 25.0 Å². The van der Waals surface area contributed by atoms with Gasteiger partial charge in [-0.25, -0.2) is 4.79 Å². The van der Waals surface area contributed by atoms with Gasteiger partial charge >= 0.3 is 6.16 Å². The van der Waals surface area contributed by atoms with Crippen LogP contribution < -0.4 is 9.47 Å². The van der Waals surface area contributed by atoms with Crippen molar-refractivity contribution in [2.75, 3.05) is 67.4 Å². The van der Waals surface area contributed by atoms with E-state index < -0.39 is 16.0 Å². The first-order chi connectivity index (χ1) is 19.3. The third-order valence-corrected chi connectivity index (χ3v) is 5.07. The van der Waals surface area contributed by atoms with Gasteiger partial charge in [0.05, 0.1) is 49.5 Å². The van der Waals surface area contributed by atoms with Crippen LogP contribution in [-0.2, 0) is 41.3 Å². The van der Waals surface area contributed by atoms with Crippen molar-refractivity contribution in [3.63, 3.8) is 0 Å². The molecule has 0 spiro atoms. The number of nitro groups is 2. The molecule has 15 nitrogen and oxygen atoms in total. The molecule has 0 heterocycles. The zero-order valence-electron chi connectivity index (χ0n) is 22.2. The number of hydrogen-bond acceptors (Lipinski definition) is 13. The van der Waals surface area contributed by atoms with Crippen molar-refractivity contribution in [1.82, 2.24) is 0 Å². The second kappa shape index (κ2) is 18.5. The molecule has 0 amide bonds. The number of benzene rings is 2. The second-order valence-corrected chi connectivity index (χ2v) is 7.91. The summed E-state index contributed by atoms with van der Waals surface area (Å²) in [5, 5.41) is 22.5. The molecule has 15 heteroatoms. The molecular weight excluding hydrogens is 536 g/mol. The lowest BCUT2D eigenvalue weighted by Gasteiger charge is -2.13. The Balaban J connectivity index is 2.04. The first-order valence-corrected chi connectivity index (χ1v) is 12.1. The van der Waals surface area contributed by atoms with Gasteiger partial charge in [-0.3, -0.25) is 20.2 Å². The molecule has 0 N–H and O–H groups in total. The predicted octanol–water partition coefficient (Wildman–Crippen LogP) is 3.44. The first kappa shape index (κ1) is 32.5. The van der Waals surface area contributed by atoms with Crippen molar-refractivity contribution in [1.29, 1.82) is 0 Å². The van der Waals surface area contributed by atoms with Crippen LogP contribution in [0, 0.1) is 20.2 Å². The van der Waals surface area contributed by atoms with Gasteiger partial charge in [-0.2, -0.15) is 0 Å². The maximum Gasteiger partial charge on any atom is 0.519 e. The number of carbonyl (C=O) groups is 1. The minimum absolute atomic E-state index is 0.0395. The monoisotopic (exact) mass is 568 g/mol. The topological polar surface area (TPSA) is 177 Å². The summed E-state index contributed by atoms with van der Waals surface area (Å²) in [5.74, 6) is 0.0790. The molecule has 0 aromatic heterocycles. The van der Waals surface area contributed by atoms with Crippen LogP contribution in [0.5, 0.6) is 11.5 Å². The van der Waals surface area contributed by atoms with Crippen LogP contribution in [0.1, 0.15) is 11.1 Å². The first-order valence-electron chi connectivity index (χ1n) is 12.1. The standard InChI is InChI=1S/C25H32N2O13/c1-33-17-37-13-11-35-9-7-19-15-21(26(29)30)3-5-23(19)39-25(28)40-24-6-4-22(27(31)32)16-20(24)8-10-36-12-14-38-18-34-2/h3-6,15-16H,7-14,17-18H2,1-2H3. The Bertz CT molecular complexity index is 1010. The van der Waals surface area contributed by atoms with E-state index in [1.807, 2.05) is 0 Å². The number of methoxy groups -OCH3 is 2. The van der Waals surface area contributed by atoms with Crippen molar-refractivity contribution in [2.24, 2.45) is 0 Å². The summed E-state index contributed by atoms with van der Waals surface area (Å²) in [4.78, 5) is 34.0. The third kappa shape index (κ3) is 12.0. The maximum atomic E-state index is 12.6. The summed E-state index contributed by atoms with van der Waals surface area (Å²) in [6.45, 7) is 1.72. The molecule has 0 fully saturated rings. The van der Waals surface area contributed by atoms with Gasteiger partial charge in [0.15, 0.2) is 0 Å². The Labute approximate surface area is 230 Å². The van der Waals surface area contributed by atoms with Crippen LogP contribution in [0.2, 0.25) is 0 Å². The van der Waals surface area contributed by atoms with E-state index in [1.54, 1.807) is 0 Å². The molecule has 2 aromatic rings. The second-order valence-electron chi connectivity index (χ2n) is 7.91. The molecule has 0 saturated heterocycles. The van der Waals surface area contributed by atoms with E-state index in [0.717, 1.165) is 0 Å². The molecule has 2 rings (SSSR count). The van der Waals surface area contributed by atoms with Gasteiger partial charge in [0.1, 0.15) is 25.1 Å². The Morgan fingerprint density at radius 1 is 0.650 bits per heavy atom. The number of rotatable bonds is 20. The normalized spacial score (nSPS) is 10.8. The number of hydrogen-bond donors (Lipinski definition) is 0. The average molecular weight is 569 g/mol. The average Bonchev–Trinajstić information content (AvgIpc) is 2.93. The van der Waals surface area contributed by atoms with Gasteiger partial charge in [-0.1, -0.05) is 0 Å². The van der Waals surface area contributed by atoms with Crippen LogP contribution >= 0.6 is 0 Å². The summed E-state index contributed by atoms with van der Waals surface area (Å²) in [5.41, 5.74) is 0.308. The SMILES string of the molecule is COCOCCOCCc1cc([N+](=O)[O-])ccc1OC(=O)Oc1ccc([N+](=O)[O-])cc1CCOCCOCOC. The van der Waals surface area contributed by atoms with Gasteiger partial charge < -0.3 is 37.9 Å². The molecule has 0 aliphatic carbocycles. The molecule has 2 aromatic carbocycles. The zero-order valence-corrected chi connectivity index (χ0v) is 22.2. The third-order valence-electron chi connectivity index (χ3n) is 5.07. The molecule has 0 bridgehead atoms. The lowest BCUT2D eigenvalue weighted by atomic mass is 10.1. The van der Waals surface area contributed by atoms with E-state index in [0.29, 0.717) is 24.3 Å². The Morgan fingerprint density at radius 3 is 1.43 bits per heavy atom. The molecule has 0 radical (unpaired) electrons. The fraction of sp³-hybridized carbons (Fsp3) is 0.480. The summed E-state index contributed by atoms with van der Waals surface area (Å²) < 4.78 is 41.4. The number of carbonyl (C=O) groups excluding carboxylic acids is 1. The highest BCUT2D eigenvalue weighted by Gasteiger charge is 2.19. The van der Waals surface area contributed by atoms with E-state index in [-0.39, 0.29) is 75.7 Å². The van der Waals surface area contributed by atoms with Crippen molar-refractivity contribution in [3.05, 3.63) is 67.8 Å². The highest BCUT2D eigenvalue weighted by Crippen LogP contribution is 2.28. The molecule has 0 atom stereocenters. The van der Waals surface area contributed by atoms with Crippen molar-refractivity contribution in [3.8, 4) is 11.5 Å². The van der Waals surface area contributed by atoms with E-state index in [1.165, 1.54) is 50.6 Å². The van der Waals surface area contributed by atoms with Crippen LogP contribution in [0.15, 0.2) is 36.4 Å². The lowest BCUT2D eigenvalue weighted by Crippen LogP contribution is -2.17. The summed E-state index contributed by atoms with van der Waals surface area (Å²) in [6.07, 6.45) is -0.737. The number of ether oxygens (including phenoxy) is 8. The molecular formula is C25H32N2O13. The van der Waals surface area contributed by atoms with Crippen LogP contribution in [0.25, 0.3) is 0 Å². The van der Waals surface area contributed by atoms with Crippen molar-refractivity contribution in [2.45, 2.75) is 12.8 Å². The van der Waals surface area contributed by atoms with Gasteiger partial charge in [-0.15, -0.1) is 0 Å². The molecule has 220 valence electrons. The minimum Gasteiger partial charge on any atom is -0.394 e. The number of nitro benzene ring substituents is 2. The van der Waals surface area contributed by atoms with Crippen LogP contribution in [0.4, 0.5) is 16.2 Å². The fourth-order valence-corrected chi connectivity index (χ4v) is 3.24. The fourth-order valence-electron chi connectivity index (χ4n) is 3.24. The Morgan fingerprint density at radius 2 is 1.05 bits per heavy atom. The highest BCUT2D eigenvalue weighted by molar-refractivity contribution is 5.69. The molecule has 40 heavy (non-hydrogen) atoms. The minimum atomic E-state index is -1.13. The summed E-state index contributed by atoms with van der Waals surface area (Å²) in [7, 11) is 2.99. The molecule has 0 saturated carbocycles. The number of non-ortho nitro benzene ring substituents is 2. The van der Waals surface area contributed by atoms with Crippen molar-refractivity contribution >= 4 is 17.5 Å². The maximum absolute atomic E-state index is 12.6. The summed E-state index contributed by atoms with van der Waals surface area (Å²) >= 11 is 0. The van der Waals surface area contributed by atoms with Crippen LogP contribution in [0.3, 0.4) is 0 Å². The Kier molecular flexibility index (Phi) is 15.1. The molecule has 0 aliphatic rings. The van der Waals surface area contributed by atoms with Gasteiger partial charge in [0.25, 0.3) is 11.4 Å². The summed E-state index contributed by atoms with van der Waals surface area (Å²) in [6, 6.07) is 7.50. The van der Waals surface area contributed by atoms with E-state index in [2.05, 4.69) is 0 Å². The smallest absolute Gasteiger partial charge is 0.394 e. The van der Waals surface area contributed by atoms with E-state index >= 15 is 0 Å². The molecule has 0 unspecified atom stereocenters. The Hall–Kier alpha value is -3.73.